The highest BCUT2D eigenvalue weighted by atomic mass is 32.2. The quantitative estimate of drug-likeness (QED) is 0.194. The lowest BCUT2D eigenvalue weighted by Crippen LogP contribution is -2.41. The molecule has 4 N–H and O–H groups in total. The summed E-state index contributed by atoms with van der Waals surface area (Å²) >= 11 is -1.85. The third-order valence-electron chi connectivity index (χ3n) is 5.62. The zero-order valence-corrected chi connectivity index (χ0v) is 19.4. The standard InChI is InChI=1S/C10H19F2NO2S.C10H20FNOS/c11-10(12,8-16(14)15)7-13-9-5-3-1-2-4-6-9;11-10(8-14-13)7-12-6-9-4-2-1-3-5-9/h9,13H,1-8H2,(H,14,15);9-10,12-13H,1-8H2. The van der Waals surface area contributed by atoms with Gasteiger partial charge >= 0.3 is 0 Å². The molecule has 0 aromatic heterocycles. The SMILES string of the molecule is O=S(O)CC(F)(F)CNC1CCCCCC1.OSCC(F)CNCC1CCCCC1. The molecule has 30 heavy (non-hydrogen) atoms. The average molecular weight is 477 g/mol. The van der Waals surface area contributed by atoms with Crippen molar-refractivity contribution in [1.29, 1.82) is 0 Å². The number of hydrogen-bond donors (Lipinski definition) is 4. The highest BCUT2D eigenvalue weighted by Crippen LogP contribution is 2.22. The zero-order valence-electron chi connectivity index (χ0n) is 17.8. The van der Waals surface area contributed by atoms with Crippen LogP contribution in [0.3, 0.4) is 0 Å². The molecule has 0 aromatic rings. The van der Waals surface area contributed by atoms with Crippen molar-refractivity contribution in [3.05, 3.63) is 0 Å². The lowest BCUT2D eigenvalue weighted by atomic mass is 9.89. The van der Waals surface area contributed by atoms with E-state index in [0.29, 0.717) is 18.6 Å². The molecule has 2 unspecified atom stereocenters. The molecule has 0 amide bonds. The normalized spacial score (nSPS) is 21.4. The van der Waals surface area contributed by atoms with Crippen molar-refractivity contribution in [2.24, 2.45) is 5.92 Å². The molecule has 0 aliphatic heterocycles. The fourth-order valence-electron chi connectivity index (χ4n) is 3.98. The molecule has 10 heteroatoms. The van der Waals surface area contributed by atoms with Gasteiger partial charge in [-0.2, -0.15) is 0 Å². The van der Waals surface area contributed by atoms with Gasteiger partial charge in [0.05, 0.1) is 12.3 Å². The van der Waals surface area contributed by atoms with Gasteiger partial charge in [-0.05, 0) is 50.2 Å². The molecule has 0 spiro atoms. The zero-order chi connectivity index (χ0) is 22.2. The lowest BCUT2D eigenvalue weighted by Gasteiger charge is -2.22. The van der Waals surface area contributed by atoms with E-state index in [1.54, 1.807) is 0 Å². The van der Waals surface area contributed by atoms with Crippen LogP contribution >= 0.6 is 12.0 Å². The molecule has 2 saturated carbocycles. The van der Waals surface area contributed by atoms with Gasteiger partial charge in [0, 0.05) is 12.6 Å². The molecule has 0 bridgehead atoms. The molecule has 5 nitrogen and oxygen atoms in total. The minimum Gasteiger partial charge on any atom is -0.330 e. The van der Waals surface area contributed by atoms with Crippen LogP contribution < -0.4 is 10.6 Å². The Balaban J connectivity index is 0.000000303. The third kappa shape index (κ3) is 15.0. The van der Waals surface area contributed by atoms with Crippen LogP contribution in [0, 0.1) is 5.92 Å². The molecule has 0 aromatic carbocycles. The van der Waals surface area contributed by atoms with Crippen LogP contribution in [-0.4, -0.2) is 62.6 Å². The minimum absolute atomic E-state index is 0.139. The van der Waals surface area contributed by atoms with Crippen LogP contribution in [0.2, 0.25) is 0 Å². The first-order chi connectivity index (χ1) is 14.3. The van der Waals surface area contributed by atoms with Crippen LogP contribution in [0.5, 0.6) is 0 Å². The van der Waals surface area contributed by atoms with E-state index >= 15 is 0 Å². The minimum atomic E-state index is -3.09. The Bertz CT molecular complexity index is 451. The molecular formula is C20H39F3N2O3S2. The Morgan fingerprint density at radius 3 is 2.17 bits per heavy atom. The van der Waals surface area contributed by atoms with Crippen molar-refractivity contribution < 1.29 is 26.5 Å². The maximum Gasteiger partial charge on any atom is 0.273 e. The van der Waals surface area contributed by atoms with E-state index in [2.05, 4.69) is 10.6 Å². The Hall–Kier alpha value is 0.130. The van der Waals surface area contributed by atoms with E-state index in [1.807, 2.05) is 0 Å². The summed E-state index contributed by atoms with van der Waals surface area (Å²) in [6.45, 7) is 0.824. The van der Waals surface area contributed by atoms with E-state index in [0.717, 1.165) is 38.1 Å². The second-order valence-electron chi connectivity index (χ2n) is 8.45. The van der Waals surface area contributed by atoms with Crippen LogP contribution in [0.25, 0.3) is 0 Å². The van der Waals surface area contributed by atoms with E-state index in [4.69, 9.17) is 9.11 Å². The Kier molecular flexibility index (Phi) is 15.7. The molecule has 0 heterocycles. The maximum absolute atomic E-state index is 13.1. The number of nitrogens with one attached hydrogen (secondary N) is 2. The first kappa shape index (κ1) is 28.2. The number of hydrogen-bond acceptors (Lipinski definition) is 5. The predicted molar refractivity (Wildman–Crippen MR) is 120 cm³/mol. The molecular weight excluding hydrogens is 437 g/mol. The molecule has 0 radical (unpaired) electrons. The largest absolute Gasteiger partial charge is 0.330 e. The number of alkyl halides is 3. The van der Waals surface area contributed by atoms with Gasteiger partial charge in [0.1, 0.15) is 11.9 Å². The van der Waals surface area contributed by atoms with Crippen molar-refractivity contribution in [3.8, 4) is 0 Å². The molecule has 2 fully saturated rings. The summed E-state index contributed by atoms with van der Waals surface area (Å²) in [5, 5.41) is 5.95. The van der Waals surface area contributed by atoms with Gasteiger partial charge in [-0.25, -0.2) is 17.4 Å². The molecule has 2 aliphatic carbocycles. The van der Waals surface area contributed by atoms with Gasteiger partial charge in [0.25, 0.3) is 5.92 Å². The van der Waals surface area contributed by atoms with E-state index in [-0.39, 0.29) is 11.8 Å². The van der Waals surface area contributed by atoms with E-state index in [9.17, 15) is 17.4 Å². The highest BCUT2D eigenvalue weighted by molar-refractivity contribution is 7.93. The van der Waals surface area contributed by atoms with Crippen LogP contribution in [0.15, 0.2) is 0 Å². The molecule has 0 saturated heterocycles. The predicted octanol–water partition coefficient (Wildman–Crippen LogP) is 4.86. The Morgan fingerprint density at radius 1 is 1.03 bits per heavy atom. The average Bonchev–Trinajstić information content (AvgIpc) is 2.96. The molecule has 2 atom stereocenters. The monoisotopic (exact) mass is 476 g/mol. The summed E-state index contributed by atoms with van der Waals surface area (Å²) in [7, 11) is 0. The van der Waals surface area contributed by atoms with Crippen molar-refractivity contribution >= 4 is 23.1 Å². The van der Waals surface area contributed by atoms with Crippen molar-refractivity contribution in [2.45, 2.75) is 88.8 Å². The van der Waals surface area contributed by atoms with Gasteiger partial charge in [0.15, 0.2) is 11.1 Å². The summed E-state index contributed by atoms with van der Waals surface area (Å²) in [6.07, 6.45) is 12.1. The Labute approximate surface area is 186 Å². The van der Waals surface area contributed by atoms with Crippen molar-refractivity contribution in [1.82, 2.24) is 10.6 Å². The van der Waals surface area contributed by atoms with Crippen LogP contribution in [0.4, 0.5) is 13.2 Å². The van der Waals surface area contributed by atoms with Gasteiger partial charge in [-0.1, -0.05) is 44.9 Å². The first-order valence-corrected chi connectivity index (χ1v) is 13.3. The maximum atomic E-state index is 13.1. The molecule has 180 valence electrons. The van der Waals surface area contributed by atoms with Crippen LogP contribution in [0.1, 0.15) is 70.6 Å². The topological polar surface area (TPSA) is 81.6 Å². The second kappa shape index (κ2) is 16.7. The summed E-state index contributed by atoms with van der Waals surface area (Å²) < 4.78 is 66.3. The lowest BCUT2D eigenvalue weighted by molar-refractivity contribution is 0.0227. The number of halogens is 3. The summed E-state index contributed by atoms with van der Waals surface area (Å²) in [6, 6.07) is 0.139. The number of rotatable bonds is 11. The first-order valence-electron chi connectivity index (χ1n) is 11.1. The third-order valence-corrected chi connectivity index (χ3v) is 6.80. The molecule has 2 aliphatic rings. The van der Waals surface area contributed by atoms with Gasteiger partial charge in [0.2, 0.25) is 0 Å². The van der Waals surface area contributed by atoms with Gasteiger partial charge < -0.3 is 19.7 Å². The molecule has 2 rings (SSSR count). The van der Waals surface area contributed by atoms with Crippen molar-refractivity contribution in [3.63, 3.8) is 0 Å². The fraction of sp³-hybridized carbons (Fsp3) is 1.00. The van der Waals surface area contributed by atoms with Crippen LogP contribution in [-0.2, 0) is 11.1 Å². The second-order valence-corrected chi connectivity index (χ2v) is 9.97. The smallest absolute Gasteiger partial charge is 0.273 e. The van der Waals surface area contributed by atoms with E-state index in [1.165, 1.54) is 44.9 Å². The highest BCUT2D eigenvalue weighted by Gasteiger charge is 2.32. The van der Waals surface area contributed by atoms with Crippen molar-refractivity contribution in [2.75, 3.05) is 31.1 Å². The summed E-state index contributed by atoms with van der Waals surface area (Å²) in [5.74, 6) is -3.14. The Morgan fingerprint density at radius 2 is 1.60 bits per heavy atom. The summed E-state index contributed by atoms with van der Waals surface area (Å²) in [5.41, 5.74) is 0. The van der Waals surface area contributed by atoms with Gasteiger partial charge in [-0.3, -0.25) is 0 Å². The summed E-state index contributed by atoms with van der Waals surface area (Å²) in [4.78, 5) is 0. The van der Waals surface area contributed by atoms with E-state index < -0.39 is 35.5 Å². The fourth-order valence-corrected chi connectivity index (χ4v) is 4.73. The van der Waals surface area contributed by atoms with Gasteiger partial charge in [-0.15, -0.1) is 0 Å².